The van der Waals surface area contributed by atoms with E-state index in [9.17, 15) is 4.79 Å². The number of carbonyl (C=O) groups excluding carboxylic acids is 1. The Balaban J connectivity index is 2.00. The number of thiophene rings is 1. The number of ether oxygens (including phenoxy) is 2. The Labute approximate surface area is 139 Å². The molecule has 1 heterocycles. The van der Waals surface area contributed by atoms with Gasteiger partial charge in [0.25, 0.3) is 0 Å². The Morgan fingerprint density at radius 3 is 2.23 bits per heavy atom. The normalized spacial score (nSPS) is 10.6. The summed E-state index contributed by atoms with van der Waals surface area (Å²) < 4.78 is 10.6. The SMILES string of the molecule is CCCCCCCCCCCOc1ccc(C(=O)OCC)s1. The molecule has 0 radical (unpaired) electrons. The number of hydrogen-bond acceptors (Lipinski definition) is 4. The van der Waals surface area contributed by atoms with Crippen molar-refractivity contribution in [3.8, 4) is 5.06 Å². The average molecular weight is 327 g/mol. The van der Waals surface area contributed by atoms with Crippen LogP contribution in [-0.4, -0.2) is 19.2 Å². The van der Waals surface area contributed by atoms with Crippen LogP contribution in [0.3, 0.4) is 0 Å². The van der Waals surface area contributed by atoms with Gasteiger partial charge in [-0.25, -0.2) is 4.79 Å². The van der Waals surface area contributed by atoms with Gasteiger partial charge in [0.05, 0.1) is 13.2 Å². The zero-order valence-corrected chi connectivity index (χ0v) is 14.9. The summed E-state index contributed by atoms with van der Waals surface area (Å²) in [6.07, 6.45) is 11.8. The maximum absolute atomic E-state index is 11.5. The van der Waals surface area contributed by atoms with Crippen LogP contribution in [0.25, 0.3) is 0 Å². The minimum absolute atomic E-state index is 0.259. The predicted molar refractivity (Wildman–Crippen MR) is 93.0 cm³/mol. The molecule has 3 nitrogen and oxygen atoms in total. The zero-order chi connectivity index (χ0) is 16.0. The molecule has 0 atom stereocenters. The van der Waals surface area contributed by atoms with E-state index in [2.05, 4.69) is 6.92 Å². The molecular formula is C18H30O3S. The molecule has 0 bridgehead atoms. The third-order valence-electron chi connectivity index (χ3n) is 3.55. The van der Waals surface area contributed by atoms with E-state index in [1.165, 1.54) is 62.7 Å². The van der Waals surface area contributed by atoms with Crippen LogP contribution in [0.4, 0.5) is 0 Å². The molecule has 126 valence electrons. The largest absolute Gasteiger partial charge is 0.484 e. The minimum Gasteiger partial charge on any atom is -0.484 e. The van der Waals surface area contributed by atoms with Gasteiger partial charge in [-0.1, -0.05) is 69.6 Å². The van der Waals surface area contributed by atoms with Crippen LogP contribution in [0.2, 0.25) is 0 Å². The van der Waals surface area contributed by atoms with Crippen LogP contribution < -0.4 is 4.74 Å². The Morgan fingerprint density at radius 1 is 0.955 bits per heavy atom. The van der Waals surface area contributed by atoms with Gasteiger partial charge in [-0.3, -0.25) is 0 Å². The molecular weight excluding hydrogens is 296 g/mol. The molecule has 4 heteroatoms. The van der Waals surface area contributed by atoms with Gasteiger partial charge in [0.1, 0.15) is 4.88 Å². The minimum atomic E-state index is -0.259. The highest BCUT2D eigenvalue weighted by molar-refractivity contribution is 7.15. The fourth-order valence-electron chi connectivity index (χ4n) is 2.30. The monoisotopic (exact) mass is 326 g/mol. The Kier molecular flexibility index (Phi) is 10.8. The summed E-state index contributed by atoms with van der Waals surface area (Å²) in [6.45, 7) is 5.21. The van der Waals surface area contributed by atoms with E-state index >= 15 is 0 Å². The van der Waals surface area contributed by atoms with Crippen molar-refractivity contribution >= 4 is 17.3 Å². The molecule has 0 N–H and O–H groups in total. The molecule has 1 rings (SSSR count). The zero-order valence-electron chi connectivity index (χ0n) is 14.1. The second-order valence-electron chi connectivity index (χ2n) is 5.52. The quantitative estimate of drug-likeness (QED) is 0.338. The highest BCUT2D eigenvalue weighted by Gasteiger charge is 2.10. The van der Waals surface area contributed by atoms with E-state index in [1.807, 2.05) is 13.0 Å². The van der Waals surface area contributed by atoms with Crippen molar-refractivity contribution < 1.29 is 14.3 Å². The van der Waals surface area contributed by atoms with Crippen LogP contribution in [0, 0.1) is 0 Å². The molecule has 0 aliphatic carbocycles. The maximum Gasteiger partial charge on any atom is 0.348 e. The molecule has 1 aromatic rings. The summed E-state index contributed by atoms with van der Waals surface area (Å²) in [4.78, 5) is 12.1. The van der Waals surface area contributed by atoms with E-state index in [0.29, 0.717) is 11.5 Å². The number of carbonyl (C=O) groups is 1. The van der Waals surface area contributed by atoms with Crippen molar-refractivity contribution in [2.24, 2.45) is 0 Å². The number of hydrogen-bond donors (Lipinski definition) is 0. The highest BCUT2D eigenvalue weighted by Crippen LogP contribution is 2.25. The molecule has 0 aromatic carbocycles. The summed E-state index contributed by atoms with van der Waals surface area (Å²) in [5.41, 5.74) is 0. The lowest BCUT2D eigenvalue weighted by Crippen LogP contribution is -2.01. The van der Waals surface area contributed by atoms with E-state index in [0.717, 1.165) is 18.1 Å². The molecule has 0 aliphatic rings. The van der Waals surface area contributed by atoms with Gasteiger partial charge in [0.15, 0.2) is 5.06 Å². The van der Waals surface area contributed by atoms with Crippen molar-refractivity contribution in [1.82, 2.24) is 0 Å². The van der Waals surface area contributed by atoms with Crippen molar-refractivity contribution in [2.75, 3.05) is 13.2 Å². The van der Waals surface area contributed by atoms with E-state index < -0.39 is 0 Å². The first-order chi connectivity index (χ1) is 10.8. The van der Waals surface area contributed by atoms with Crippen molar-refractivity contribution in [1.29, 1.82) is 0 Å². The molecule has 0 saturated carbocycles. The van der Waals surface area contributed by atoms with E-state index in [-0.39, 0.29) is 5.97 Å². The average Bonchev–Trinajstić information content (AvgIpc) is 2.98. The van der Waals surface area contributed by atoms with Gasteiger partial charge in [-0.15, -0.1) is 0 Å². The molecule has 0 saturated heterocycles. The third-order valence-corrected chi connectivity index (χ3v) is 4.53. The van der Waals surface area contributed by atoms with Crippen LogP contribution in [0.5, 0.6) is 5.06 Å². The van der Waals surface area contributed by atoms with E-state index in [1.54, 1.807) is 6.07 Å². The number of unbranched alkanes of at least 4 members (excludes halogenated alkanes) is 8. The number of esters is 1. The fraction of sp³-hybridized carbons (Fsp3) is 0.722. The first kappa shape index (κ1) is 19.0. The lowest BCUT2D eigenvalue weighted by atomic mass is 10.1. The smallest absolute Gasteiger partial charge is 0.348 e. The standard InChI is InChI=1S/C18H30O3S/c1-3-5-6-7-8-9-10-11-12-15-21-17-14-13-16(22-17)18(19)20-4-2/h13-14H,3-12,15H2,1-2H3. The van der Waals surface area contributed by atoms with Crippen LogP contribution >= 0.6 is 11.3 Å². The lowest BCUT2D eigenvalue weighted by Gasteiger charge is -2.04. The summed E-state index contributed by atoms with van der Waals surface area (Å²) in [5.74, 6) is -0.259. The van der Waals surface area contributed by atoms with E-state index in [4.69, 9.17) is 9.47 Å². The van der Waals surface area contributed by atoms with Gasteiger partial charge >= 0.3 is 5.97 Å². The summed E-state index contributed by atoms with van der Waals surface area (Å²) in [6, 6.07) is 3.62. The van der Waals surface area contributed by atoms with Gasteiger partial charge in [0, 0.05) is 0 Å². The predicted octanol–water partition coefficient (Wildman–Crippen LogP) is 5.83. The van der Waals surface area contributed by atoms with Crippen LogP contribution in [-0.2, 0) is 4.74 Å². The number of rotatable bonds is 13. The Morgan fingerprint density at radius 2 is 1.59 bits per heavy atom. The third kappa shape index (κ3) is 8.42. The molecule has 0 unspecified atom stereocenters. The summed E-state index contributed by atoms with van der Waals surface area (Å²) in [5, 5.41) is 0.808. The topological polar surface area (TPSA) is 35.5 Å². The molecule has 1 aromatic heterocycles. The first-order valence-electron chi connectivity index (χ1n) is 8.67. The molecule has 22 heavy (non-hydrogen) atoms. The lowest BCUT2D eigenvalue weighted by molar-refractivity contribution is 0.0532. The second kappa shape index (κ2) is 12.5. The summed E-state index contributed by atoms with van der Waals surface area (Å²) in [7, 11) is 0. The van der Waals surface area contributed by atoms with Gasteiger partial charge in [0.2, 0.25) is 0 Å². The highest BCUT2D eigenvalue weighted by atomic mass is 32.1. The molecule has 0 fully saturated rings. The summed E-state index contributed by atoms with van der Waals surface area (Å²) >= 11 is 1.36. The van der Waals surface area contributed by atoms with Crippen molar-refractivity contribution in [3.05, 3.63) is 17.0 Å². The second-order valence-corrected chi connectivity index (χ2v) is 6.56. The first-order valence-corrected chi connectivity index (χ1v) is 9.49. The molecule has 0 aliphatic heterocycles. The molecule has 0 amide bonds. The van der Waals surface area contributed by atoms with Crippen LogP contribution in [0.15, 0.2) is 12.1 Å². The Bertz CT molecular complexity index is 401. The van der Waals surface area contributed by atoms with Crippen LogP contribution in [0.1, 0.15) is 81.3 Å². The van der Waals surface area contributed by atoms with Gasteiger partial charge in [-0.05, 0) is 25.5 Å². The van der Waals surface area contributed by atoms with Crippen molar-refractivity contribution in [2.45, 2.75) is 71.6 Å². The van der Waals surface area contributed by atoms with Crippen molar-refractivity contribution in [3.63, 3.8) is 0 Å². The fourth-order valence-corrected chi connectivity index (χ4v) is 3.07. The van der Waals surface area contributed by atoms with Gasteiger partial charge < -0.3 is 9.47 Å². The van der Waals surface area contributed by atoms with Gasteiger partial charge in [-0.2, -0.15) is 0 Å². The Hall–Kier alpha value is -1.03. The maximum atomic E-state index is 11.5. The molecule has 0 spiro atoms.